The summed E-state index contributed by atoms with van der Waals surface area (Å²) in [5.41, 5.74) is 1.13. The number of nitrogens with zero attached hydrogens (tertiary/aromatic N) is 3. The minimum Gasteiger partial charge on any atom is -0.387 e. The summed E-state index contributed by atoms with van der Waals surface area (Å²) in [5, 5.41) is 17.4. The summed E-state index contributed by atoms with van der Waals surface area (Å²) in [4.78, 5) is 14.2. The van der Waals surface area contributed by atoms with E-state index in [-0.39, 0.29) is 24.3 Å². The van der Waals surface area contributed by atoms with Crippen LogP contribution in [0, 0.1) is 11.7 Å². The Morgan fingerprint density at radius 1 is 1.33 bits per heavy atom. The molecule has 0 radical (unpaired) electrons. The number of nitrogens with one attached hydrogen (secondary N) is 1. The van der Waals surface area contributed by atoms with Gasteiger partial charge in [0.05, 0.1) is 37.7 Å². The van der Waals surface area contributed by atoms with E-state index in [1.54, 1.807) is 29.1 Å². The minimum atomic E-state index is -0.903. The van der Waals surface area contributed by atoms with Crippen molar-refractivity contribution in [1.29, 1.82) is 0 Å². The molecule has 1 aromatic heterocycles. The zero-order valence-electron chi connectivity index (χ0n) is 15.9. The third-order valence-corrected chi connectivity index (χ3v) is 3.93. The Kier molecular flexibility index (Phi) is 7.75. The summed E-state index contributed by atoms with van der Waals surface area (Å²) in [5.74, 6) is -0.145. The first-order chi connectivity index (χ1) is 12.9. The van der Waals surface area contributed by atoms with Crippen LogP contribution in [0.4, 0.5) is 14.9 Å². The van der Waals surface area contributed by atoms with Crippen LogP contribution in [0.5, 0.6) is 0 Å². The van der Waals surface area contributed by atoms with Crippen molar-refractivity contribution in [3.05, 3.63) is 48.0 Å². The Morgan fingerprint density at radius 2 is 2.04 bits per heavy atom. The van der Waals surface area contributed by atoms with Gasteiger partial charge in [-0.3, -0.25) is 4.68 Å². The van der Waals surface area contributed by atoms with E-state index in [0.29, 0.717) is 30.9 Å². The van der Waals surface area contributed by atoms with E-state index in [9.17, 15) is 14.3 Å². The second-order valence-electron chi connectivity index (χ2n) is 6.78. The minimum absolute atomic E-state index is 0.105. The predicted molar refractivity (Wildman–Crippen MR) is 101 cm³/mol. The summed E-state index contributed by atoms with van der Waals surface area (Å²) in [6.07, 6.45) is 2.39. The number of urea groups is 1. The molecule has 0 aliphatic carbocycles. The number of rotatable bonds is 9. The summed E-state index contributed by atoms with van der Waals surface area (Å²) in [6.45, 7) is 5.68. The van der Waals surface area contributed by atoms with Crippen molar-refractivity contribution in [3.8, 4) is 0 Å². The molecule has 7 nitrogen and oxygen atoms in total. The van der Waals surface area contributed by atoms with Crippen LogP contribution < -0.4 is 5.32 Å². The fraction of sp³-hybridized carbons (Fsp3) is 0.474. The largest absolute Gasteiger partial charge is 0.387 e. The van der Waals surface area contributed by atoms with Gasteiger partial charge in [-0.2, -0.15) is 5.10 Å². The number of aliphatic hydroxyl groups excluding tert-OH is 1. The van der Waals surface area contributed by atoms with Gasteiger partial charge in [-0.15, -0.1) is 0 Å². The molecule has 0 spiro atoms. The number of carbonyl (C=O) groups is 1. The van der Waals surface area contributed by atoms with E-state index in [0.717, 1.165) is 0 Å². The van der Waals surface area contributed by atoms with Crippen LogP contribution >= 0.6 is 0 Å². The average Bonchev–Trinajstić information content (AvgIpc) is 3.06. The number of aliphatic hydroxyl groups is 1. The number of methoxy groups -OCH3 is 1. The molecule has 2 amide bonds. The monoisotopic (exact) mass is 378 g/mol. The van der Waals surface area contributed by atoms with Gasteiger partial charge in [0.2, 0.25) is 0 Å². The number of amides is 2. The highest BCUT2D eigenvalue weighted by Gasteiger charge is 2.20. The Morgan fingerprint density at radius 3 is 2.67 bits per heavy atom. The molecule has 0 fully saturated rings. The molecule has 2 rings (SSSR count). The van der Waals surface area contributed by atoms with Crippen LogP contribution in [0.3, 0.4) is 0 Å². The molecule has 1 aromatic carbocycles. The molecule has 2 aromatic rings. The molecule has 1 unspecified atom stereocenters. The Labute approximate surface area is 158 Å². The first kappa shape index (κ1) is 20.9. The molecular formula is C19H27FN4O3. The van der Waals surface area contributed by atoms with Crippen LogP contribution in [0.25, 0.3) is 0 Å². The van der Waals surface area contributed by atoms with Crippen LogP contribution in [0.15, 0.2) is 36.7 Å². The number of hydrogen-bond acceptors (Lipinski definition) is 4. The van der Waals surface area contributed by atoms with Gasteiger partial charge in [0.25, 0.3) is 0 Å². The molecular weight excluding hydrogens is 351 g/mol. The van der Waals surface area contributed by atoms with Gasteiger partial charge in [0.15, 0.2) is 0 Å². The highest BCUT2D eigenvalue weighted by molar-refractivity contribution is 5.89. The van der Waals surface area contributed by atoms with Crippen LogP contribution in [0.2, 0.25) is 0 Å². The summed E-state index contributed by atoms with van der Waals surface area (Å²) >= 11 is 0. The molecule has 1 heterocycles. The van der Waals surface area contributed by atoms with Gasteiger partial charge >= 0.3 is 6.03 Å². The van der Waals surface area contributed by atoms with Crippen molar-refractivity contribution in [2.45, 2.75) is 26.5 Å². The predicted octanol–water partition coefficient (Wildman–Crippen LogP) is 2.89. The lowest BCUT2D eigenvalue weighted by Crippen LogP contribution is -2.40. The van der Waals surface area contributed by atoms with E-state index in [1.807, 2.05) is 13.8 Å². The molecule has 8 heteroatoms. The molecule has 0 aliphatic rings. The lowest BCUT2D eigenvalue weighted by Gasteiger charge is -2.27. The second-order valence-corrected chi connectivity index (χ2v) is 6.78. The number of hydrogen-bond donors (Lipinski definition) is 2. The standard InChI is InChI=1S/C19H27FN4O3/c1-14(2)11-23(13-18(25)15-4-6-16(20)7-5-15)19(26)22-17-10-21-24(12-17)8-9-27-3/h4-7,10,12,14,18,25H,8-9,11,13H2,1-3H3,(H,22,26). The Bertz CT molecular complexity index is 718. The van der Waals surface area contributed by atoms with Gasteiger partial charge in [0.1, 0.15) is 5.82 Å². The van der Waals surface area contributed by atoms with Gasteiger partial charge in [-0.25, -0.2) is 9.18 Å². The molecule has 148 valence electrons. The second kappa shape index (κ2) is 10.0. The van der Waals surface area contributed by atoms with E-state index in [4.69, 9.17) is 4.74 Å². The molecule has 1 atom stereocenters. The van der Waals surface area contributed by atoms with Gasteiger partial charge < -0.3 is 20.1 Å². The molecule has 27 heavy (non-hydrogen) atoms. The topological polar surface area (TPSA) is 79.6 Å². The lowest BCUT2D eigenvalue weighted by atomic mass is 10.1. The molecule has 0 aliphatic heterocycles. The van der Waals surface area contributed by atoms with E-state index < -0.39 is 6.10 Å². The lowest BCUT2D eigenvalue weighted by molar-refractivity contribution is 0.121. The third kappa shape index (κ3) is 6.65. The van der Waals surface area contributed by atoms with Gasteiger partial charge in [-0.05, 0) is 23.6 Å². The highest BCUT2D eigenvalue weighted by Crippen LogP contribution is 2.17. The SMILES string of the molecule is COCCn1cc(NC(=O)N(CC(C)C)CC(O)c2ccc(F)cc2)cn1. The first-order valence-electron chi connectivity index (χ1n) is 8.90. The number of ether oxygens (including phenoxy) is 1. The third-order valence-electron chi connectivity index (χ3n) is 3.93. The van der Waals surface area contributed by atoms with Gasteiger partial charge in [0, 0.05) is 19.9 Å². The average molecular weight is 378 g/mol. The Hall–Kier alpha value is -2.45. The maximum atomic E-state index is 13.1. The van der Waals surface area contributed by atoms with Crippen molar-refractivity contribution in [3.63, 3.8) is 0 Å². The zero-order chi connectivity index (χ0) is 19.8. The fourth-order valence-electron chi connectivity index (χ4n) is 2.62. The van der Waals surface area contributed by atoms with Gasteiger partial charge in [-0.1, -0.05) is 26.0 Å². The summed E-state index contributed by atoms with van der Waals surface area (Å²) in [7, 11) is 1.61. The summed E-state index contributed by atoms with van der Waals surface area (Å²) in [6, 6.07) is 5.30. The zero-order valence-corrected chi connectivity index (χ0v) is 15.9. The fourth-order valence-corrected chi connectivity index (χ4v) is 2.62. The number of aromatic nitrogens is 2. The maximum absolute atomic E-state index is 13.1. The molecule has 2 N–H and O–H groups in total. The number of benzene rings is 1. The van der Waals surface area contributed by atoms with Crippen LogP contribution in [0.1, 0.15) is 25.5 Å². The van der Waals surface area contributed by atoms with Crippen molar-refractivity contribution in [1.82, 2.24) is 14.7 Å². The van der Waals surface area contributed by atoms with Crippen LogP contribution in [-0.2, 0) is 11.3 Å². The van der Waals surface area contributed by atoms with Crippen molar-refractivity contribution < 1.29 is 19.0 Å². The quantitative estimate of drug-likeness (QED) is 0.703. The Balaban J connectivity index is 2.02. The maximum Gasteiger partial charge on any atom is 0.322 e. The van der Waals surface area contributed by atoms with E-state index >= 15 is 0 Å². The number of carbonyl (C=O) groups excluding carboxylic acids is 1. The molecule has 0 saturated heterocycles. The number of anilines is 1. The normalized spacial score (nSPS) is 12.2. The van der Waals surface area contributed by atoms with Crippen molar-refractivity contribution in [2.75, 3.05) is 32.1 Å². The summed E-state index contributed by atoms with van der Waals surface area (Å²) < 4.78 is 19.7. The van der Waals surface area contributed by atoms with Crippen molar-refractivity contribution >= 4 is 11.7 Å². The smallest absolute Gasteiger partial charge is 0.322 e. The highest BCUT2D eigenvalue weighted by atomic mass is 19.1. The van der Waals surface area contributed by atoms with E-state index in [2.05, 4.69) is 10.4 Å². The first-order valence-corrected chi connectivity index (χ1v) is 8.90. The van der Waals surface area contributed by atoms with Crippen LogP contribution in [-0.4, -0.2) is 52.6 Å². The molecule has 0 saturated carbocycles. The number of halogens is 1. The van der Waals surface area contributed by atoms with Crippen molar-refractivity contribution in [2.24, 2.45) is 5.92 Å². The molecule has 0 bridgehead atoms. The van der Waals surface area contributed by atoms with E-state index in [1.165, 1.54) is 24.3 Å².